The van der Waals surface area contributed by atoms with E-state index in [0.717, 1.165) is 54.1 Å². The highest BCUT2D eigenvalue weighted by Gasteiger charge is 2.33. The first-order valence-corrected chi connectivity index (χ1v) is 12.8. The number of carboxylic acid groups (broad SMARTS) is 1. The van der Waals surface area contributed by atoms with Gasteiger partial charge in [0.1, 0.15) is 5.75 Å². The number of carbonyl (C=O) groups is 3. The second-order valence-electron chi connectivity index (χ2n) is 9.50. The van der Waals surface area contributed by atoms with E-state index in [1.165, 1.54) is 4.90 Å². The van der Waals surface area contributed by atoms with Gasteiger partial charge in [-0.05, 0) is 55.3 Å². The number of hydrogen-bond acceptors (Lipinski definition) is 6. The average molecular weight is 502 g/mol. The molecular weight excluding hydrogens is 470 g/mol. The number of amides is 2. The van der Waals surface area contributed by atoms with E-state index < -0.39 is 5.97 Å². The van der Waals surface area contributed by atoms with Gasteiger partial charge in [0, 0.05) is 72.4 Å². The fourth-order valence-electron chi connectivity index (χ4n) is 5.33. The van der Waals surface area contributed by atoms with Crippen molar-refractivity contribution in [3.63, 3.8) is 0 Å². The number of imide groups is 1. The number of benzene rings is 3. The minimum absolute atomic E-state index is 0.0984. The number of carboxylic acids is 1. The van der Waals surface area contributed by atoms with Gasteiger partial charge in [-0.15, -0.1) is 0 Å². The molecule has 3 aromatic rings. The number of nitrogens with zero attached hydrogens (tertiary/aromatic N) is 3. The molecule has 3 aromatic carbocycles. The number of carbonyl (C=O) groups excluding carboxylic acids is 2. The van der Waals surface area contributed by atoms with Crippen LogP contribution in [0.4, 0.5) is 11.4 Å². The number of piperazine rings is 1. The van der Waals surface area contributed by atoms with Crippen LogP contribution in [0.25, 0.3) is 10.8 Å². The van der Waals surface area contributed by atoms with E-state index in [0.29, 0.717) is 36.9 Å². The van der Waals surface area contributed by atoms with E-state index in [1.54, 1.807) is 13.2 Å². The van der Waals surface area contributed by atoms with Crippen LogP contribution in [0.15, 0.2) is 54.6 Å². The molecular formula is C29H31N3O5. The van der Waals surface area contributed by atoms with Gasteiger partial charge >= 0.3 is 5.97 Å². The summed E-state index contributed by atoms with van der Waals surface area (Å²) in [5.74, 6) is -0.540. The van der Waals surface area contributed by atoms with Crippen molar-refractivity contribution in [2.24, 2.45) is 0 Å². The first-order valence-electron chi connectivity index (χ1n) is 12.8. The Balaban J connectivity index is 1.33. The summed E-state index contributed by atoms with van der Waals surface area (Å²) in [5, 5.41) is 10.5. The predicted octanol–water partition coefficient (Wildman–Crippen LogP) is 4.42. The van der Waals surface area contributed by atoms with Gasteiger partial charge in [-0.25, -0.2) is 0 Å². The van der Waals surface area contributed by atoms with Crippen LogP contribution in [-0.2, 0) is 4.79 Å². The molecule has 37 heavy (non-hydrogen) atoms. The molecule has 8 nitrogen and oxygen atoms in total. The van der Waals surface area contributed by atoms with Gasteiger partial charge in [-0.1, -0.05) is 18.6 Å². The summed E-state index contributed by atoms with van der Waals surface area (Å²) in [5.41, 5.74) is 3.31. The minimum atomic E-state index is -0.830. The van der Waals surface area contributed by atoms with E-state index in [9.17, 15) is 14.4 Å². The molecule has 0 spiro atoms. The molecule has 1 saturated heterocycles. The van der Waals surface area contributed by atoms with Gasteiger partial charge in [0.15, 0.2) is 0 Å². The molecule has 2 heterocycles. The Bertz CT molecular complexity index is 1310. The maximum absolute atomic E-state index is 13.3. The van der Waals surface area contributed by atoms with Crippen LogP contribution in [0.3, 0.4) is 0 Å². The van der Waals surface area contributed by atoms with Gasteiger partial charge < -0.3 is 19.6 Å². The Kier molecular flexibility index (Phi) is 6.99. The third kappa shape index (κ3) is 4.83. The van der Waals surface area contributed by atoms with Crippen molar-refractivity contribution in [1.29, 1.82) is 0 Å². The quantitative estimate of drug-likeness (QED) is 0.343. The summed E-state index contributed by atoms with van der Waals surface area (Å²) in [6.45, 7) is 3.68. The molecule has 5 rings (SSSR count). The topological polar surface area (TPSA) is 90.4 Å². The van der Waals surface area contributed by atoms with E-state index in [1.807, 2.05) is 36.4 Å². The molecule has 0 radical (unpaired) electrons. The zero-order valence-corrected chi connectivity index (χ0v) is 21.0. The number of ether oxygens (including phenoxy) is 1. The molecule has 192 valence electrons. The highest BCUT2D eigenvalue weighted by molar-refractivity contribution is 6.26. The second-order valence-corrected chi connectivity index (χ2v) is 9.50. The number of unbranched alkanes of at least 4 members (excludes halogenated alkanes) is 2. The van der Waals surface area contributed by atoms with E-state index >= 15 is 0 Å². The van der Waals surface area contributed by atoms with Crippen molar-refractivity contribution in [2.75, 3.05) is 49.6 Å². The lowest BCUT2D eigenvalue weighted by Crippen LogP contribution is -2.46. The molecule has 0 unspecified atom stereocenters. The van der Waals surface area contributed by atoms with Crippen LogP contribution in [0.2, 0.25) is 0 Å². The largest absolute Gasteiger partial charge is 0.497 e. The molecule has 0 saturated carbocycles. The maximum atomic E-state index is 13.3. The van der Waals surface area contributed by atoms with Gasteiger partial charge in [-0.2, -0.15) is 0 Å². The number of aliphatic carboxylic acids is 1. The van der Waals surface area contributed by atoms with Crippen LogP contribution in [0.1, 0.15) is 46.4 Å². The molecule has 1 N–H and O–H groups in total. The molecule has 0 atom stereocenters. The van der Waals surface area contributed by atoms with Gasteiger partial charge in [0.05, 0.1) is 7.11 Å². The highest BCUT2D eigenvalue weighted by Crippen LogP contribution is 2.36. The molecule has 2 aliphatic rings. The summed E-state index contributed by atoms with van der Waals surface area (Å²) >= 11 is 0. The summed E-state index contributed by atoms with van der Waals surface area (Å²) in [6, 6.07) is 17.6. The Morgan fingerprint density at radius 3 is 2.19 bits per heavy atom. The van der Waals surface area contributed by atoms with Crippen molar-refractivity contribution < 1.29 is 24.2 Å². The lowest BCUT2D eigenvalue weighted by atomic mass is 9.92. The van der Waals surface area contributed by atoms with Crippen LogP contribution in [-0.4, -0.2) is 67.6 Å². The SMILES string of the molecule is COc1ccc(N2CCN(c3ccc4c5c(cccc35)C(=O)N(CCCCCC(=O)O)C4=O)CC2)cc1. The first-order chi connectivity index (χ1) is 18.0. The smallest absolute Gasteiger partial charge is 0.303 e. The zero-order valence-electron chi connectivity index (χ0n) is 21.0. The normalized spacial score (nSPS) is 15.4. The summed E-state index contributed by atoms with van der Waals surface area (Å²) in [7, 11) is 1.66. The van der Waals surface area contributed by atoms with Gasteiger partial charge in [-0.3, -0.25) is 19.3 Å². The van der Waals surface area contributed by atoms with E-state index in [2.05, 4.69) is 21.9 Å². The lowest BCUT2D eigenvalue weighted by Gasteiger charge is -2.38. The first kappa shape index (κ1) is 24.6. The van der Waals surface area contributed by atoms with Gasteiger partial charge in [0.25, 0.3) is 11.8 Å². The number of rotatable bonds is 9. The summed E-state index contributed by atoms with van der Waals surface area (Å²) in [4.78, 5) is 43.3. The highest BCUT2D eigenvalue weighted by atomic mass is 16.5. The Hall–Kier alpha value is -4.07. The van der Waals surface area contributed by atoms with Crippen molar-refractivity contribution in [1.82, 2.24) is 4.90 Å². The fraction of sp³-hybridized carbons (Fsp3) is 0.345. The monoisotopic (exact) mass is 501 g/mol. The Morgan fingerprint density at radius 2 is 1.51 bits per heavy atom. The van der Waals surface area contributed by atoms with Crippen molar-refractivity contribution in [3.05, 3.63) is 65.7 Å². The predicted molar refractivity (Wildman–Crippen MR) is 143 cm³/mol. The van der Waals surface area contributed by atoms with E-state index in [4.69, 9.17) is 9.84 Å². The molecule has 8 heteroatoms. The second kappa shape index (κ2) is 10.5. The van der Waals surface area contributed by atoms with Crippen LogP contribution in [0.5, 0.6) is 5.75 Å². The van der Waals surface area contributed by atoms with E-state index in [-0.39, 0.29) is 18.2 Å². The van der Waals surface area contributed by atoms with Crippen LogP contribution < -0.4 is 14.5 Å². The number of methoxy groups -OCH3 is 1. The van der Waals surface area contributed by atoms with Crippen molar-refractivity contribution in [2.45, 2.75) is 25.7 Å². The minimum Gasteiger partial charge on any atom is -0.497 e. The fourth-order valence-corrected chi connectivity index (χ4v) is 5.33. The molecule has 2 aliphatic heterocycles. The molecule has 2 amide bonds. The molecule has 0 bridgehead atoms. The molecule has 1 fully saturated rings. The third-order valence-electron chi connectivity index (χ3n) is 7.30. The summed E-state index contributed by atoms with van der Waals surface area (Å²) in [6.07, 6.45) is 1.88. The molecule has 0 aliphatic carbocycles. The van der Waals surface area contributed by atoms with Crippen LogP contribution in [0, 0.1) is 0 Å². The van der Waals surface area contributed by atoms with Crippen molar-refractivity contribution >= 4 is 39.9 Å². The lowest BCUT2D eigenvalue weighted by molar-refractivity contribution is -0.137. The number of anilines is 2. The maximum Gasteiger partial charge on any atom is 0.303 e. The standard InChI is InChI=1S/C29H31N3O5/c1-37-21-11-9-20(10-12-21)30-16-18-31(19-17-30)25-14-13-24-27-22(25)6-5-7-23(27)28(35)32(29(24)36)15-4-2-3-8-26(33)34/h5-7,9-14H,2-4,8,15-19H2,1H3,(H,33,34). The Labute approximate surface area is 216 Å². The summed E-state index contributed by atoms with van der Waals surface area (Å²) < 4.78 is 5.27. The van der Waals surface area contributed by atoms with Gasteiger partial charge in [0.2, 0.25) is 0 Å². The average Bonchev–Trinajstić information content (AvgIpc) is 2.93. The third-order valence-corrected chi connectivity index (χ3v) is 7.30. The van der Waals surface area contributed by atoms with Crippen LogP contribution >= 0.6 is 0 Å². The van der Waals surface area contributed by atoms with Crippen molar-refractivity contribution in [3.8, 4) is 5.75 Å². The molecule has 0 aromatic heterocycles. The number of hydrogen-bond donors (Lipinski definition) is 1. The zero-order chi connectivity index (χ0) is 25.9. The Morgan fingerprint density at radius 1 is 0.838 bits per heavy atom.